The van der Waals surface area contributed by atoms with Crippen LogP contribution >= 0.6 is 27.3 Å². The number of hydrogen-bond donors (Lipinski definition) is 0. The van der Waals surface area contributed by atoms with E-state index in [1.807, 2.05) is 6.07 Å². The molecule has 1 rings (SSSR count). The highest BCUT2D eigenvalue weighted by atomic mass is 79.9. The van der Waals surface area contributed by atoms with Gasteiger partial charge in [-0.2, -0.15) is 0 Å². The van der Waals surface area contributed by atoms with E-state index in [1.165, 1.54) is 17.4 Å². The molecule has 0 atom stereocenters. The van der Waals surface area contributed by atoms with Gasteiger partial charge in [-0.25, -0.2) is 0 Å². The van der Waals surface area contributed by atoms with Gasteiger partial charge in [0, 0.05) is 0 Å². The van der Waals surface area contributed by atoms with Gasteiger partial charge >= 0.3 is 0 Å². The second-order valence-corrected chi connectivity index (χ2v) is 4.14. The first kappa shape index (κ1) is 7.69. The van der Waals surface area contributed by atoms with E-state index in [0.717, 1.165) is 8.66 Å². The molecule has 3 heteroatoms. The third-order valence-corrected chi connectivity index (χ3v) is 2.64. The maximum atomic E-state index is 10.9. The molecule has 1 heterocycles. The second-order valence-electron chi connectivity index (χ2n) is 1.67. The fourth-order valence-electron chi connectivity index (χ4n) is 0.547. The van der Waals surface area contributed by atoms with Crippen molar-refractivity contribution in [3.63, 3.8) is 0 Å². The number of rotatable bonds is 2. The zero-order chi connectivity index (χ0) is 7.56. The quantitative estimate of drug-likeness (QED) is 0.549. The van der Waals surface area contributed by atoms with Crippen LogP contribution < -0.4 is 0 Å². The van der Waals surface area contributed by atoms with Gasteiger partial charge in [0.25, 0.3) is 0 Å². The maximum Gasteiger partial charge on any atom is 0.195 e. The Kier molecular flexibility index (Phi) is 2.40. The molecule has 0 radical (unpaired) electrons. The summed E-state index contributed by atoms with van der Waals surface area (Å²) in [6.07, 6.45) is 1.32. The van der Waals surface area contributed by atoms with Crippen molar-refractivity contribution < 1.29 is 4.79 Å². The van der Waals surface area contributed by atoms with Crippen LogP contribution in [0.15, 0.2) is 28.6 Å². The van der Waals surface area contributed by atoms with Crippen molar-refractivity contribution in [2.45, 2.75) is 0 Å². The molecule has 0 bridgehead atoms. The summed E-state index contributed by atoms with van der Waals surface area (Å²) in [5.41, 5.74) is 0. The number of allylic oxidation sites excluding steroid dienone is 1. The summed E-state index contributed by atoms with van der Waals surface area (Å²) < 4.78 is 0.970. The first-order chi connectivity index (χ1) is 4.74. The third kappa shape index (κ3) is 1.55. The summed E-state index contributed by atoms with van der Waals surface area (Å²) in [7, 11) is 0. The fourth-order valence-corrected chi connectivity index (χ4v) is 1.87. The molecule has 0 N–H and O–H groups in total. The van der Waals surface area contributed by atoms with Crippen molar-refractivity contribution in [1.29, 1.82) is 0 Å². The van der Waals surface area contributed by atoms with Crippen molar-refractivity contribution >= 4 is 33.0 Å². The van der Waals surface area contributed by atoms with Gasteiger partial charge in [0.2, 0.25) is 0 Å². The topological polar surface area (TPSA) is 17.1 Å². The first-order valence-electron chi connectivity index (χ1n) is 2.66. The van der Waals surface area contributed by atoms with Crippen LogP contribution in [0.4, 0.5) is 0 Å². The summed E-state index contributed by atoms with van der Waals surface area (Å²) in [4.78, 5) is 11.6. The van der Waals surface area contributed by atoms with E-state index in [1.54, 1.807) is 6.07 Å². The van der Waals surface area contributed by atoms with Gasteiger partial charge in [0.05, 0.1) is 8.66 Å². The molecule has 1 aromatic heterocycles. The number of carbonyl (C=O) groups excluding carboxylic acids is 1. The lowest BCUT2D eigenvalue weighted by atomic mass is 10.3. The highest BCUT2D eigenvalue weighted by molar-refractivity contribution is 9.11. The Morgan fingerprint density at radius 3 is 2.80 bits per heavy atom. The Morgan fingerprint density at radius 2 is 2.40 bits per heavy atom. The van der Waals surface area contributed by atoms with E-state index >= 15 is 0 Å². The van der Waals surface area contributed by atoms with Crippen LogP contribution in [0.2, 0.25) is 0 Å². The van der Waals surface area contributed by atoms with Crippen LogP contribution in [0.5, 0.6) is 0 Å². The minimum Gasteiger partial charge on any atom is -0.288 e. The van der Waals surface area contributed by atoms with E-state index < -0.39 is 0 Å². The minimum atomic E-state index is -0.0179. The van der Waals surface area contributed by atoms with Gasteiger partial charge in [-0.05, 0) is 34.1 Å². The number of ketones is 1. The SMILES string of the molecule is C=CC(=O)c1ccc(Br)s1. The van der Waals surface area contributed by atoms with E-state index in [0.29, 0.717) is 0 Å². The molecule has 0 aliphatic rings. The van der Waals surface area contributed by atoms with Crippen LogP contribution in [0.3, 0.4) is 0 Å². The molecule has 1 aromatic rings. The number of halogens is 1. The monoisotopic (exact) mass is 216 g/mol. The molecule has 0 saturated carbocycles. The predicted octanol–water partition coefficient (Wildman–Crippen LogP) is 2.88. The Bertz CT molecular complexity index is 264. The van der Waals surface area contributed by atoms with Crippen molar-refractivity contribution in [1.82, 2.24) is 0 Å². The number of hydrogen-bond acceptors (Lipinski definition) is 2. The molecule has 0 aliphatic heterocycles. The molecule has 10 heavy (non-hydrogen) atoms. The lowest BCUT2D eigenvalue weighted by Crippen LogP contribution is -1.86. The molecular weight excluding hydrogens is 212 g/mol. The molecule has 1 nitrogen and oxygen atoms in total. The van der Waals surface area contributed by atoms with Gasteiger partial charge in [-0.3, -0.25) is 4.79 Å². The lowest BCUT2D eigenvalue weighted by molar-refractivity contribution is 0.105. The highest BCUT2D eigenvalue weighted by Crippen LogP contribution is 2.22. The molecule has 0 unspecified atom stereocenters. The zero-order valence-corrected chi connectivity index (χ0v) is 7.54. The summed E-state index contributed by atoms with van der Waals surface area (Å²) in [6, 6.07) is 3.63. The summed E-state index contributed by atoms with van der Waals surface area (Å²) in [5.74, 6) is -0.0179. The van der Waals surface area contributed by atoms with Crippen LogP contribution in [-0.2, 0) is 0 Å². The molecule has 0 amide bonds. The van der Waals surface area contributed by atoms with Crippen molar-refractivity contribution in [2.24, 2.45) is 0 Å². The van der Waals surface area contributed by atoms with E-state index in [-0.39, 0.29) is 5.78 Å². The predicted molar refractivity (Wildman–Crippen MR) is 46.5 cm³/mol. The fraction of sp³-hybridized carbons (Fsp3) is 0. The van der Waals surface area contributed by atoms with Crippen LogP contribution in [0.25, 0.3) is 0 Å². The zero-order valence-electron chi connectivity index (χ0n) is 5.13. The normalized spacial score (nSPS) is 9.30. The number of thiophene rings is 1. The minimum absolute atomic E-state index is 0.0179. The average molecular weight is 217 g/mol. The van der Waals surface area contributed by atoms with Crippen LogP contribution in [0, 0.1) is 0 Å². The third-order valence-electron chi connectivity index (χ3n) is 1.00. The van der Waals surface area contributed by atoms with Gasteiger partial charge in [-0.1, -0.05) is 6.58 Å². The molecule has 52 valence electrons. The first-order valence-corrected chi connectivity index (χ1v) is 4.27. The number of carbonyl (C=O) groups is 1. The standard InChI is InChI=1S/C7H5BrOS/c1-2-5(9)6-3-4-7(8)10-6/h2-4H,1H2. The van der Waals surface area contributed by atoms with Gasteiger partial charge in [-0.15, -0.1) is 11.3 Å². The maximum absolute atomic E-state index is 10.9. The Morgan fingerprint density at radius 1 is 1.70 bits per heavy atom. The van der Waals surface area contributed by atoms with Crippen LogP contribution in [0.1, 0.15) is 9.67 Å². The van der Waals surface area contributed by atoms with E-state index in [9.17, 15) is 4.79 Å². The van der Waals surface area contributed by atoms with E-state index in [2.05, 4.69) is 22.5 Å². The molecular formula is C7H5BrOS. The summed E-state index contributed by atoms with van der Waals surface area (Å²) in [5, 5.41) is 0. The summed E-state index contributed by atoms with van der Waals surface area (Å²) in [6.45, 7) is 3.39. The smallest absolute Gasteiger partial charge is 0.195 e. The van der Waals surface area contributed by atoms with Gasteiger partial charge < -0.3 is 0 Å². The Hall–Kier alpha value is -0.410. The Labute approximate surface area is 71.5 Å². The highest BCUT2D eigenvalue weighted by Gasteiger charge is 2.02. The van der Waals surface area contributed by atoms with Gasteiger partial charge in [0.15, 0.2) is 5.78 Å². The largest absolute Gasteiger partial charge is 0.288 e. The molecule has 0 aliphatic carbocycles. The van der Waals surface area contributed by atoms with E-state index in [4.69, 9.17) is 0 Å². The van der Waals surface area contributed by atoms with Crippen molar-refractivity contribution in [2.75, 3.05) is 0 Å². The average Bonchev–Trinajstić information content (AvgIpc) is 2.34. The Balaban J connectivity index is 2.95. The molecule has 0 saturated heterocycles. The van der Waals surface area contributed by atoms with Crippen molar-refractivity contribution in [3.8, 4) is 0 Å². The molecule has 0 fully saturated rings. The lowest BCUT2D eigenvalue weighted by Gasteiger charge is -1.82. The van der Waals surface area contributed by atoms with Gasteiger partial charge in [0.1, 0.15) is 0 Å². The summed E-state index contributed by atoms with van der Waals surface area (Å²) >= 11 is 4.68. The van der Waals surface area contributed by atoms with Crippen LogP contribution in [-0.4, -0.2) is 5.78 Å². The molecule has 0 spiro atoms. The second kappa shape index (κ2) is 3.12. The van der Waals surface area contributed by atoms with Crippen molar-refractivity contribution in [3.05, 3.63) is 33.5 Å². The molecule has 0 aromatic carbocycles.